The summed E-state index contributed by atoms with van der Waals surface area (Å²) in [6.45, 7) is 0.662. The van der Waals surface area contributed by atoms with E-state index >= 15 is 0 Å². The van der Waals surface area contributed by atoms with Crippen LogP contribution in [0.1, 0.15) is 5.69 Å². The Morgan fingerprint density at radius 2 is 2.38 bits per heavy atom. The number of ether oxygens (including phenoxy) is 1. The van der Waals surface area contributed by atoms with E-state index < -0.39 is 0 Å². The second kappa shape index (κ2) is 4.67. The van der Waals surface area contributed by atoms with Gasteiger partial charge < -0.3 is 10.5 Å². The molecule has 5 heteroatoms. The van der Waals surface area contributed by atoms with Gasteiger partial charge in [0.05, 0.1) is 17.9 Å². The Kier molecular flexibility index (Phi) is 3.26. The van der Waals surface area contributed by atoms with E-state index in [1.165, 1.54) is 0 Å². The second-order valence-corrected chi connectivity index (χ2v) is 4.50. The summed E-state index contributed by atoms with van der Waals surface area (Å²) in [4.78, 5) is 1.16. The molecule has 0 bridgehead atoms. The van der Waals surface area contributed by atoms with Crippen molar-refractivity contribution in [3.63, 3.8) is 0 Å². The summed E-state index contributed by atoms with van der Waals surface area (Å²) >= 11 is 1.68. The number of rotatable bonds is 4. The zero-order valence-electron chi connectivity index (χ0n) is 9.43. The molecule has 0 fully saturated rings. The van der Waals surface area contributed by atoms with Crippen molar-refractivity contribution in [2.75, 3.05) is 19.5 Å². The number of hydrogen-bond acceptors (Lipinski definition) is 4. The molecule has 0 radical (unpaired) electrons. The number of thiophene rings is 1. The molecule has 0 aliphatic heterocycles. The third-order valence-electron chi connectivity index (χ3n) is 2.47. The van der Waals surface area contributed by atoms with Gasteiger partial charge in [0, 0.05) is 25.5 Å². The number of aryl methyl sites for hydroxylation is 1. The Hall–Kier alpha value is -1.33. The van der Waals surface area contributed by atoms with Gasteiger partial charge in [-0.3, -0.25) is 4.68 Å². The first-order valence-corrected chi connectivity index (χ1v) is 5.96. The number of aromatic nitrogens is 2. The molecule has 0 unspecified atom stereocenters. The van der Waals surface area contributed by atoms with Crippen molar-refractivity contribution in [2.45, 2.75) is 6.42 Å². The Morgan fingerprint density at radius 3 is 3.00 bits per heavy atom. The molecule has 16 heavy (non-hydrogen) atoms. The third kappa shape index (κ3) is 1.96. The summed E-state index contributed by atoms with van der Waals surface area (Å²) in [7, 11) is 3.56. The predicted octanol–water partition coefficient (Wildman–Crippen LogP) is 1.92. The first-order valence-electron chi connectivity index (χ1n) is 5.08. The standard InChI is InChI=1S/C11H15N3OS/c1-14-11(12)10(9-4-3-7-16-9)8(13-14)5-6-15-2/h3-4,7H,5-6,12H2,1-2H3. The lowest BCUT2D eigenvalue weighted by Gasteiger charge is -2.00. The molecule has 0 aliphatic carbocycles. The lowest BCUT2D eigenvalue weighted by Crippen LogP contribution is -1.98. The first-order chi connectivity index (χ1) is 7.74. The molecule has 2 N–H and O–H groups in total. The average molecular weight is 237 g/mol. The van der Waals surface area contributed by atoms with E-state index in [1.807, 2.05) is 18.5 Å². The summed E-state index contributed by atoms with van der Waals surface area (Å²) in [6, 6.07) is 4.08. The quantitative estimate of drug-likeness (QED) is 0.884. The van der Waals surface area contributed by atoms with Crippen LogP contribution in [0.5, 0.6) is 0 Å². The van der Waals surface area contributed by atoms with Gasteiger partial charge >= 0.3 is 0 Å². The summed E-state index contributed by atoms with van der Waals surface area (Å²) in [6.07, 6.45) is 0.786. The number of methoxy groups -OCH3 is 1. The molecule has 86 valence electrons. The molecule has 0 atom stereocenters. The van der Waals surface area contributed by atoms with Gasteiger partial charge in [-0.1, -0.05) is 6.07 Å². The molecule has 0 aromatic carbocycles. The monoisotopic (exact) mass is 237 g/mol. The zero-order chi connectivity index (χ0) is 11.5. The van der Waals surface area contributed by atoms with E-state index in [1.54, 1.807) is 23.1 Å². The van der Waals surface area contributed by atoms with Crippen LogP contribution in [0.25, 0.3) is 10.4 Å². The van der Waals surface area contributed by atoms with E-state index in [0.717, 1.165) is 22.6 Å². The van der Waals surface area contributed by atoms with E-state index in [2.05, 4.69) is 11.2 Å². The van der Waals surface area contributed by atoms with Gasteiger partial charge in [-0.15, -0.1) is 11.3 Å². The summed E-state index contributed by atoms with van der Waals surface area (Å²) < 4.78 is 6.80. The fourth-order valence-corrected chi connectivity index (χ4v) is 2.46. The summed E-state index contributed by atoms with van der Waals surface area (Å²) in [5, 5.41) is 6.47. The average Bonchev–Trinajstić information content (AvgIpc) is 2.86. The lowest BCUT2D eigenvalue weighted by atomic mass is 10.1. The smallest absolute Gasteiger partial charge is 0.130 e. The maximum absolute atomic E-state index is 6.03. The van der Waals surface area contributed by atoms with Gasteiger partial charge in [-0.25, -0.2) is 0 Å². The normalized spacial score (nSPS) is 10.9. The minimum atomic E-state index is 0.662. The SMILES string of the molecule is COCCc1nn(C)c(N)c1-c1cccs1. The molecule has 0 amide bonds. The van der Waals surface area contributed by atoms with Crippen molar-refractivity contribution >= 4 is 17.2 Å². The van der Waals surface area contributed by atoms with Crippen molar-refractivity contribution in [3.8, 4) is 10.4 Å². The third-order valence-corrected chi connectivity index (χ3v) is 3.36. The highest BCUT2D eigenvalue weighted by Crippen LogP contribution is 2.32. The lowest BCUT2D eigenvalue weighted by molar-refractivity contribution is 0.201. The number of nitrogens with zero attached hydrogens (tertiary/aromatic N) is 2. The highest BCUT2D eigenvalue weighted by molar-refractivity contribution is 7.13. The van der Waals surface area contributed by atoms with Crippen molar-refractivity contribution in [2.24, 2.45) is 7.05 Å². The Balaban J connectivity index is 2.41. The molecule has 2 heterocycles. The first kappa shape index (κ1) is 11.2. The Morgan fingerprint density at radius 1 is 1.56 bits per heavy atom. The topological polar surface area (TPSA) is 53.1 Å². The molecule has 2 aromatic heterocycles. The fraction of sp³-hybridized carbons (Fsp3) is 0.364. The minimum absolute atomic E-state index is 0.662. The maximum atomic E-state index is 6.03. The minimum Gasteiger partial charge on any atom is -0.384 e. The van der Waals surface area contributed by atoms with Gasteiger partial charge in [0.25, 0.3) is 0 Å². The predicted molar refractivity (Wildman–Crippen MR) is 66.5 cm³/mol. The van der Waals surface area contributed by atoms with E-state index in [0.29, 0.717) is 12.4 Å². The molecule has 2 aromatic rings. The van der Waals surface area contributed by atoms with Crippen LogP contribution in [0.2, 0.25) is 0 Å². The molecular formula is C11H15N3OS. The fourth-order valence-electron chi connectivity index (χ4n) is 1.66. The van der Waals surface area contributed by atoms with Gasteiger partial charge in [0.1, 0.15) is 5.82 Å². The van der Waals surface area contributed by atoms with Crippen LogP contribution in [0.3, 0.4) is 0 Å². The number of nitrogens with two attached hydrogens (primary N) is 1. The summed E-state index contributed by atoms with van der Waals surface area (Å²) in [5.41, 5.74) is 8.09. The molecular weight excluding hydrogens is 222 g/mol. The molecule has 2 rings (SSSR count). The summed E-state index contributed by atoms with van der Waals surface area (Å²) in [5.74, 6) is 0.716. The zero-order valence-corrected chi connectivity index (χ0v) is 10.3. The van der Waals surface area contributed by atoms with Crippen LogP contribution in [0.4, 0.5) is 5.82 Å². The van der Waals surface area contributed by atoms with E-state index in [-0.39, 0.29) is 0 Å². The van der Waals surface area contributed by atoms with Gasteiger partial charge in [-0.2, -0.15) is 5.10 Å². The van der Waals surface area contributed by atoms with Crippen LogP contribution < -0.4 is 5.73 Å². The number of hydrogen-bond donors (Lipinski definition) is 1. The van der Waals surface area contributed by atoms with Crippen LogP contribution in [0.15, 0.2) is 17.5 Å². The largest absolute Gasteiger partial charge is 0.384 e. The molecule has 0 saturated heterocycles. The highest BCUT2D eigenvalue weighted by atomic mass is 32.1. The van der Waals surface area contributed by atoms with Gasteiger partial charge in [-0.05, 0) is 11.4 Å². The molecule has 0 spiro atoms. The van der Waals surface area contributed by atoms with Crippen LogP contribution >= 0.6 is 11.3 Å². The van der Waals surface area contributed by atoms with Crippen molar-refractivity contribution in [1.82, 2.24) is 9.78 Å². The molecule has 0 saturated carbocycles. The highest BCUT2D eigenvalue weighted by Gasteiger charge is 2.15. The van der Waals surface area contributed by atoms with Crippen LogP contribution in [0, 0.1) is 0 Å². The van der Waals surface area contributed by atoms with Gasteiger partial charge in [0.2, 0.25) is 0 Å². The van der Waals surface area contributed by atoms with E-state index in [4.69, 9.17) is 10.5 Å². The second-order valence-electron chi connectivity index (χ2n) is 3.55. The molecule has 4 nitrogen and oxygen atoms in total. The number of nitrogen functional groups attached to an aromatic ring is 1. The van der Waals surface area contributed by atoms with Crippen molar-refractivity contribution in [1.29, 1.82) is 0 Å². The Labute approximate surface area is 98.6 Å². The van der Waals surface area contributed by atoms with Gasteiger partial charge in [0.15, 0.2) is 0 Å². The Bertz CT molecular complexity index is 462. The van der Waals surface area contributed by atoms with Crippen LogP contribution in [-0.2, 0) is 18.2 Å². The molecule has 0 aliphatic rings. The number of anilines is 1. The van der Waals surface area contributed by atoms with Crippen LogP contribution in [-0.4, -0.2) is 23.5 Å². The van der Waals surface area contributed by atoms with Crippen molar-refractivity contribution < 1.29 is 4.74 Å². The van der Waals surface area contributed by atoms with Crippen molar-refractivity contribution in [3.05, 3.63) is 23.2 Å². The van der Waals surface area contributed by atoms with E-state index in [9.17, 15) is 0 Å². The maximum Gasteiger partial charge on any atom is 0.130 e.